The highest BCUT2D eigenvalue weighted by Gasteiger charge is 2.44. The normalized spacial score (nSPS) is 23.8. The summed E-state index contributed by atoms with van der Waals surface area (Å²) >= 11 is 6.10. The second-order valence-electron chi connectivity index (χ2n) is 7.80. The van der Waals surface area contributed by atoms with E-state index in [9.17, 15) is 4.79 Å². The molecule has 1 amide bonds. The van der Waals surface area contributed by atoms with Gasteiger partial charge in [0.05, 0.1) is 6.04 Å². The van der Waals surface area contributed by atoms with Crippen molar-refractivity contribution in [1.29, 1.82) is 0 Å². The van der Waals surface area contributed by atoms with Crippen molar-refractivity contribution in [3.05, 3.63) is 77.6 Å². The molecule has 2 atom stereocenters. The van der Waals surface area contributed by atoms with E-state index in [0.29, 0.717) is 23.1 Å². The van der Waals surface area contributed by atoms with Crippen molar-refractivity contribution in [3.8, 4) is 11.1 Å². The number of halogens is 1. The van der Waals surface area contributed by atoms with Gasteiger partial charge in [-0.3, -0.25) is 9.48 Å². The lowest BCUT2D eigenvalue weighted by atomic mass is 9.96. The average molecular weight is 392 g/mol. The molecule has 3 aromatic rings. The van der Waals surface area contributed by atoms with E-state index in [0.717, 1.165) is 42.4 Å². The molecular weight excluding hydrogens is 370 g/mol. The zero-order valence-corrected chi connectivity index (χ0v) is 16.3. The van der Waals surface area contributed by atoms with Crippen LogP contribution in [0.5, 0.6) is 0 Å². The van der Waals surface area contributed by atoms with Gasteiger partial charge >= 0.3 is 0 Å². The van der Waals surface area contributed by atoms with Crippen LogP contribution >= 0.6 is 11.6 Å². The van der Waals surface area contributed by atoms with Gasteiger partial charge < -0.3 is 4.90 Å². The number of piperidine rings is 1. The highest BCUT2D eigenvalue weighted by Crippen LogP contribution is 2.41. The molecule has 142 valence electrons. The van der Waals surface area contributed by atoms with Gasteiger partial charge in [0.2, 0.25) is 0 Å². The highest BCUT2D eigenvalue weighted by atomic mass is 35.5. The number of carbonyl (C=O) groups is 1. The molecule has 0 aliphatic carbocycles. The molecular formula is C23H22ClN3O. The van der Waals surface area contributed by atoms with Crippen molar-refractivity contribution in [2.24, 2.45) is 0 Å². The van der Waals surface area contributed by atoms with Crippen LogP contribution in [0.2, 0.25) is 5.02 Å². The summed E-state index contributed by atoms with van der Waals surface area (Å²) in [5.74, 6) is 0.157. The Labute approximate surface area is 169 Å². The fourth-order valence-electron chi connectivity index (χ4n) is 4.81. The number of amides is 1. The van der Waals surface area contributed by atoms with Crippen molar-refractivity contribution in [3.63, 3.8) is 0 Å². The first-order chi connectivity index (χ1) is 13.7. The van der Waals surface area contributed by atoms with Gasteiger partial charge in [-0.05, 0) is 67.1 Å². The summed E-state index contributed by atoms with van der Waals surface area (Å²) in [4.78, 5) is 15.4. The first kappa shape index (κ1) is 17.5. The fraction of sp³-hybridized carbons (Fsp3) is 0.304. The number of hydrogen-bond acceptors (Lipinski definition) is 2. The lowest BCUT2D eigenvalue weighted by molar-refractivity contribution is 0.0524. The molecule has 2 unspecified atom stereocenters. The summed E-state index contributed by atoms with van der Waals surface area (Å²) in [6.45, 7) is 0. The third-order valence-electron chi connectivity index (χ3n) is 6.13. The van der Waals surface area contributed by atoms with Gasteiger partial charge in [0.25, 0.3) is 5.91 Å². The van der Waals surface area contributed by atoms with Gasteiger partial charge in [0.15, 0.2) is 0 Å². The molecule has 0 saturated carbocycles. The van der Waals surface area contributed by atoms with E-state index >= 15 is 0 Å². The van der Waals surface area contributed by atoms with Crippen molar-refractivity contribution < 1.29 is 4.79 Å². The molecule has 4 nitrogen and oxygen atoms in total. The molecule has 2 aliphatic rings. The number of rotatable bonds is 3. The summed E-state index contributed by atoms with van der Waals surface area (Å²) < 4.78 is 2.06. The minimum Gasteiger partial charge on any atom is -0.333 e. The van der Waals surface area contributed by atoms with E-state index in [1.165, 1.54) is 0 Å². The van der Waals surface area contributed by atoms with Gasteiger partial charge in [-0.2, -0.15) is 5.10 Å². The van der Waals surface area contributed by atoms with Gasteiger partial charge in [0.1, 0.15) is 0 Å². The molecule has 0 radical (unpaired) electrons. The molecule has 5 rings (SSSR count). The smallest absolute Gasteiger partial charge is 0.254 e. The van der Waals surface area contributed by atoms with E-state index in [-0.39, 0.29) is 5.91 Å². The quantitative estimate of drug-likeness (QED) is 0.614. The van der Waals surface area contributed by atoms with Gasteiger partial charge in [-0.1, -0.05) is 35.9 Å². The number of aromatic nitrogens is 2. The third kappa shape index (κ3) is 3.12. The molecule has 2 saturated heterocycles. The number of carbonyl (C=O) groups excluding carboxylic acids is 1. The molecule has 2 aliphatic heterocycles. The monoisotopic (exact) mass is 391 g/mol. The molecule has 0 N–H and O–H groups in total. The van der Waals surface area contributed by atoms with Crippen LogP contribution in [0.15, 0.2) is 67.0 Å². The predicted molar refractivity (Wildman–Crippen MR) is 110 cm³/mol. The second kappa shape index (κ2) is 7.10. The first-order valence-corrected chi connectivity index (χ1v) is 10.2. The van der Waals surface area contributed by atoms with Crippen molar-refractivity contribution >= 4 is 17.5 Å². The lowest BCUT2D eigenvalue weighted by Gasteiger charge is -2.39. The minimum atomic E-state index is 0.157. The number of benzene rings is 2. The Kier molecular flexibility index (Phi) is 4.44. The molecule has 3 heterocycles. The number of nitrogens with zero attached hydrogens (tertiary/aromatic N) is 3. The van der Waals surface area contributed by atoms with Crippen LogP contribution in [0.4, 0.5) is 0 Å². The molecule has 2 fully saturated rings. The van der Waals surface area contributed by atoms with Gasteiger partial charge in [0, 0.05) is 35.1 Å². The summed E-state index contributed by atoms with van der Waals surface area (Å²) in [5.41, 5.74) is 2.89. The zero-order valence-electron chi connectivity index (χ0n) is 15.5. The van der Waals surface area contributed by atoms with Crippen molar-refractivity contribution in [2.75, 3.05) is 0 Å². The van der Waals surface area contributed by atoms with Crippen molar-refractivity contribution in [2.45, 2.75) is 43.8 Å². The van der Waals surface area contributed by atoms with E-state index in [1.807, 2.05) is 67.0 Å². The first-order valence-electron chi connectivity index (χ1n) is 9.87. The third-order valence-corrected chi connectivity index (χ3v) is 6.37. The molecule has 2 bridgehead atoms. The second-order valence-corrected chi connectivity index (χ2v) is 8.23. The molecule has 28 heavy (non-hydrogen) atoms. The molecule has 2 aromatic carbocycles. The summed E-state index contributed by atoms with van der Waals surface area (Å²) in [5, 5.41) is 5.13. The Morgan fingerprint density at radius 2 is 1.68 bits per heavy atom. The van der Waals surface area contributed by atoms with Crippen LogP contribution in [0, 0.1) is 0 Å². The SMILES string of the molecule is O=C(c1ccc(-c2cccc(Cl)c2)cc1)N1C2CCC1CC(n1cccn1)C2. The zero-order chi connectivity index (χ0) is 19.1. The van der Waals surface area contributed by atoms with Crippen LogP contribution in [-0.4, -0.2) is 32.7 Å². The van der Waals surface area contributed by atoms with Gasteiger partial charge in [-0.25, -0.2) is 0 Å². The summed E-state index contributed by atoms with van der Waals surface area (Å²) in [6.07, 6.45) is 8.04. The maximum Gasteiger partial charge on any atom is 0.254 e. The van der Waals surface area contributed by atoms with Crippen LogP contribution in [0.3, 0.4) is 0 Å². The maximum absolute atomic E-state index is 13.2. The standard InChI is InChI=1S/C23H22ClN3O/c24-19-4-1-3-18(13-19)16-5-7-17(8-6-16)23(28)27-20-9-10-21(27)15-22(14-20)26-12-2-11-25-26/h1-8,11-13,20-22H,9-10,14-15H2. The Balaban J connectivity index is 1.34. The maximum atomic E-state index is 13.2. The van der Waals surface area contributed by atoms with Crippen LogP contribution in [-0.2, 0) is 0 Å². The Morgan fingerprint density at radius 3 is 2.32 bits per heavy atom. The average Bonchev–Trinajstić information content (AvgIpc) is 3.34. The number of hydrogen-bond donors (Lipinski definition) is 0. The van der Waals surface area contributed by atoms with E-state index in [2.05, 4.69) is 14.7 Å². The number of fused-ring (bicyclic) bond motifs is 2. The van der Waals surface area contributed by atoms with Crippen LogP contribution in [0.1, 0.15) is 42.1 Å². The van der Waals surface area contributed by atoms with Crippen LogP contribution < -0.4 is 0 Å². The van der Waals surface area contributed by atoms with E-state index < -0.39 is 0 Å². The molecule has 5 heteroatoms. The Hall–Kier alpha value is -2.59. The molecule has 0 spiro atoms. The minimum absolute atomic E-state index is 0.157. The summed E-state index contributed by atoms with van der Waals surface area (Å²) in [6, 6.07) is 18.7. The molecule has 1 aromatic heterocycles. The predicted octanol–water partition coefficient (Wildman–Crippen LogP) is 5.21. The van der Waals surface area contributed by atoms with Crippen LogP contribution in [0.25, 0.3) is 11.1 Å². The largest absolute Gasteiger partial charge is 0.333 e. The van der Waals surface area contributed by atoms with Gasteiger partial charge in [-0.15, -0.1) is 0 Å². The fourth-order valence-corrected chi connectivity index (χ4v) is 5.01. The lowest BCUT2D eigenvalue weighted by Crippen LogP contribution is -2.47. The summed E-state index contributed by atoms with van der Waals surface area (Å²) in [7, 11) is 0. The highest BCUT2D eigenvalue weighted by molar-refractivity contribution is 6.30. The van der Waals surface area contributed by atoms with E-state index in [1.54, 1.807) is 0 Å². The Bertz CT molecular complexity index is 969. The topological polar surface area (TPSA) is 38.1 Å². The van der Waals surface area contributed by atoms with Crippen molar-refractivity contribution in [1.82, 2.24) is 14.7 Å². The Morgan fingerprint density at radius 1 is 0.929 bits per heavy atom. The van der Waals surface area contributed by atoms with E-state index in [4.69, 9.17) is 11.6 Å².